The highest BCUT2D eigenvalue weighted by Crippen LogP contribution is 2.18. The maximum Gasteiger partial charge on any atom is 0.294 e. The number of hydrogen-bond donors (Lipinski definition) is 0. The minimum Gasteiger partial charge on any atom is -0.466 e. The summed E-state index contributed by atoms with van der Waals surface area (Å²) in [5, 5.41) is 8.95. The molecule has 1 aromatic rings. The van der Waals surface area contributed by atoms with Gasteiger partial charge < -0.3 is 14.2 Å². The molecule has 7 heteroatoms. The lowest BCUT2D eigenvalue weighted by Gasteiger charge is -2.03. The van der Waals surface area contributed by atoms with E-state index in [9.17, 15) is 0 Å². The van der Waals surface area contributed by atoms with Crippen molar-refractivity contribution in [3.63, 3.8) is 0 Å². The molecule has 0 saturated carbocycles. The quantitative estimate of drug-likeness (QED) is 0.503. The molecule has 0 bridgehead atoms. The summed E-state index contributed by atoms with van der Waals surface area (Å²) >= 11 is 6.94. The molecule has 0 atom stereocenters. The van der Waals surface area contributed by atoms with Crippen molar-refractivity contribution in [3.8, 4) is 5.19 Å². The second kappa shape index (κ2) is 8.69. The van der Waals surface area contributed by atoms with Crippen LogP contribution < -0.4 is 4.74 Å². The van der Waals surface area contributed by atoms with Crippen molar-refractivity contribution in [1.82, 2.24) is 10.2 Å². The number of halogens is 1. The number of methoxy groups -OCH3 is 1. The molecule has 0 aliphatic carbocycles. The average Bonchev–Trinajstić information content (AvgIpc) is 2.76. The second-order valence-electron chi connectivity index (χ2n) is 2.90. The molecule has 0 spiro atoms. The topological polar surface area (TPSA) is 53.5 Å². The summed E-state index contributed by atoms with van der Waals surface area (Å²) in [7, 11) is 1.67. The Hall–Kier alpha value is -0.430. The summed E-state index contributed by atoms with van der Waals surface area (Å²) in [5.41, 5.74) is 0. The van der Waals surface area contributed by atoms with Gasteiger partial charge in [0.15, 0.2) is 0 Å². The smallest absolute Gasteiger partial charge is 0.294 e. The normalized spacial score (nSPS) is 10.6. The molecule has 1 aromatic heterocycles. The van der Waals surface area contributed by atoms with Crippen molar-refractivity contribution < 1.29 is 14.2 Å². The van der Waals surface area contributed by atoms with E-state index in [1.54, 1.807) is 7.11 Å². The Kier molecular flexibility index (Phi) is 7.41. The van der Waals surface area contributed by atoms with E-state index < -0.39 is 0 Å². The zero-order chi connectivity index (χ0) is 11.6. The van der Waals surface area contributed by atoms with Crippen LogP contribution in [0.5, 0.6) is 5.19 Å². The molecular weight excluding hydrogens is 252 g/mol. The van der Waals surface area contributed by atoms with Crippen LogP contribution in [0.15, 0.2) is 0 Å². The lowest BCUT2D eigenvalue weighted by Crippen LogP contribution is -2.08. The van der Waals surface area contributed by atoms with E-state index in [0.717, 1.165) is 18.0 Å². The van der Waals surface area contributed by atoms with Gasteiger partial charge in [0.25, 0.3) is 5.19 Å². The van der Waals surface area contributed by atoms with E-state index >= 15 is 0 Å². The van der Waals surface area contributed by atoms with Crippen molar-refractivity contribution in [2.24, 2.45) is 0 Å². The van der Waals surface area contributed by atoms with Crippen LogP contribution in [-0.4, -0.2) is 43.7 Å². The molecule has 0 unspecified atom stereocenters. The van der Waals surface area contributed by atoms with E-state index in [2.05, 4.69) is 10.2 Å². The molecule has 0 aromatic carbocycles. The lowest BCUT2D eigenvalue weighted by molar-refractivity contribution is 0.0804. The number of rotatable bonds is 9. The molecule has 5 nitrogen and oxygen atoms in total. The summed E-state index contributed by atoms with van der Waals surface area (Å²) in [5.74, 6) is 0.370. The van der Waals surface area contributed by atoms with Crippen LogP contribution in [0.4, 0.5) is 0 Å². The third-order valence-electron chi connectivity index (χ3n) is 1.65. The molecule has 0 fully saturated rings. The number of nitrogens with zero attached hydrogens (tertiary/aromatic N) is 2. The fourth-order valence-corrected chi connectivity index (χ4v) is 1.72. The molecule has 0 aliphatic heterocycles. The molecule has 92 valence electrons. The van der Waals surface area contributed by atoms with E-state index in [1.807, 2.05) is 0 Å². The van der Waals surface area contributed by atoms with Crippen LogP contribution >= 0.6 is 22.9 Å². The third kappa shape index (κ3) is 5.60. The van der Waals surface area contributed by atoms with Crippen molar-refractivity contribution in [1.29, 1.82) is 0 Å². The number of hydrogen-bond acceptors (Lipinski definition) is 6. The molecule has 1 rings (SSSR count). The Morgan fingerprint density at radius 1 is 1.19 bits per heavy atom. The maximum absolute atomic E-state index is 5.59. The fourth-order valence-electron chi connectivity index (χ4n) is 0.946. The van der Waals surface area contributed by atoms with Gasteiger partial charge >= 0.3 is 0 Å². The van der Waals surface area contributed by atoms with E-state index in [0.29, 0.717) is 30.9 Å². The molecule has 1 heterocycles. The van der Waals surface area contributed by atoms with Crippen LogP contribution in [0.25, 0.3) is 0 Å². The first-order valence-electron chi connectivity index (χ1n) is 4.94. The highest BCUT2D eigenvalue weighted by molar-refractivity contribution is 7.13. The summed E-state index contributed by atoms with van der Waals surface area (Å²) in [6.07, 6.45) is 0.895. The van der Waals surface area contributed by atoms with Gasteiger partial charge in [0.1, 0.15) is 11.6 Å². The Morgan fingerprint density at radius 3 is 2.75 bits per heavy atom. The minimum atomic E-state index is 0.370. The first kappa shape index (κ1) is 13.6. The first-order valence-corrected chi connectivity index (χ1v) is 6.29. The number of alkyl halides is 1. The molecule has 0 amide bonds. The van der Waals surface area contributed by atoms with Crippen molar-refractivity contribution in [2.75, 3.05) is 33.5 Å². The SMILES string of the molecule is COCCCOCCOc1nnc(CCl)s1. The van der Waals surface area contributed by atoms with Gasteiger partial charge in [0.2, 0.25) is 0 Å². The van der Waals surface area contributed by atoms with Crippen LogP contribution in [0, 0.1) is 0 Å². The average molecular weight is 267 g/mol. The summed E-state index contributed by atoms with van der Waals surface area (Å²) in [6.45, 7) is 2.42. The zero-order valence-corrected chi connectivity index (χ0v) is 10.7. The van der Waals surface area contributed by atoms with E-state index in [-0.39, 0.29) is 0 Å². The predicted octanol–water partition coefficient (Wildman–Crippen LogP) is 1.71. The standard InChI is InChI=1S/C9H15ClN2O3S/c1-13-3-2-4-14-5-6-15-9-12-11-8(7-10)16-9/h2-7H2,1H3. The van der Waals surface area contributed by atoms with Gasteiger partial charge in [-0.05, 0) is 6.42 Å². The molecule has 16 heavy (non-hydrogen) atoms. The van der Waals surface area contributed by atoms with Gasteiger partial charge in [-0.1, -0.05) is 11.3 Å². The van der Waals surface area contributed by atoms with Crippen LogP contribution in [-0.2, 0) is 15.4 Å². The van der Waals surface area contributed by atoms with Crippen LogP contribution in [0.1, 0.15) is 11.4 Å². The maximum atomic E-state index is 5.59. The van der Waals surface area contributed by atoms with E-state index in [4.69, 9.17) is 25.8 Å². The first-order chi connectivity index (χ1) is 7.86. The molecular formula is C9H15ClN2O3S. The lowest BCUT2D eigenvalue weighted by atomic mass is 10.5. The van der Waals surface area contributed by atoms with Gasteiger partial charge in [-0.25, -0.2) is 0 Å². The fraction of sp³-hybridized carbons (Fsp3) is 0.778. The van der Waals surface area contributed by atoms with Crippen molar-refractivity contribution in [2.45, 2.75) is 12.3 Å². The predicted molar refractivity (Wildman–Crippen MR) is 62.3 cm³/mol. The third-order valence-corrected chi connectivity index (χ3v) is 2.90. The highest BCUT2D eigenvalue weighted by Gasteiger charge is 2.03. The van der Waals surface area contributed by atoms with Gasteiger partial charge in [0.05, 0.1) is 12.5 Å². The molecule has 0 radical (unpaired) electrons. The van der Waals surface area contributed by atoms with Crippen molar-refractivity contribution >= 4 is 22.9 Å². The Bertz CT molecular complexity index is 285. The molecule has 0 aliphatic rings. The summed E-state index contributed by atoms with van der Waals surface area (Å²) < 4.78 is 15.5. The molecule has 0 saturated heterocycles. The number of aromatic nitrogens is 2. The van der Waals surface area contributed by atoms with E-state index in [1.165, 1.54) is 11.3 Å². The zero-order valence-electron chi connectivity index (χ0n) is 9.15. The van der Waals surface area contributed by atoms with Gasteiger partial charge in [-0.3, -0.25) is 0 Å². The summed E-state index contributed by atoms with van der Waals surface area (Å²) in [4.78, 5) is 0. The largest absolute Gasteiger partial charge is 0.466 e. The van der Waals surface area contributed by atoms with Crippen LogP contribution in [0.2, 0.25) is 0 Å². The Balaban J connectivity index is 1.98. The summed E-state index contributed by atoms with van der Waals surface area (Å²) in [6, 6.07) is 0. The van der Waals surface area contributed by atoms with Gasteiger partial charge in [-0.2, -0.15) is 0 Å². The van der Waals surface area contributed by atoms with Gasteiger partial charge in [0, 0.05) is 20.3 Å². The second-order valence-corrected chi connectivity index (χ2v) is 4.19. The minimum absolute atomic E-state index is 0.370. The van der Waals surface area contributed by atoms with Crippen molar-refractivity contribution in [3.05, 3.63) is 5.01 Å². The highest BCUT2D eigenvalue weighted by atomic mass is 35.5. The molecule has 0 N–H and O–H groups in total. The van der Waals surface area contributed by atoms with Gasteiger partial charge in [-0.15, -0.1) is 21.8 Å². The monoisotopic (exact) mass is 266 g/mol. The number of ether oxygens (including phenoxy) is 3. The Morgan fingerprint density at radius 2 is 2.06 bits per heavy atom. The van der Waals surface area contributed by atoms with Crippen LogP contribution in [0.3, 0.4) is 0 Å². The Labute approximate surface area is 104 Å².